The number of ketones is 1. The third-order valence-corrected chi connectivity index (χ3v) is 4.90. The highest BCUT2D eigenvalue weighted by molar-refractivity contribution is 9.10. The molecule has 0 saturated heterocycles. The van der Waals surface area contributed by atoms with Crippen LogP contribution in [0.25, 0.3) is 22.1 Å². The Kier molecular flexibility index (Phi) is 5.08. The molecule has 138 valence electrons. The summed E-state index contributed by atoms with van der Waals surface area (Å²) in [7, 11) is 0. The van der Waals surface area contributed by atoms with E-state index in [0.29, 0.717) is 27.8 Å². The standard InChI is InChI=1S/C23H15BrO4/c24-17-8-6-15(7-9-17)20-13-28-22-12-18(10-11-19(22)23(20)26)27-14-21(25)16-4-2-1-3-5-16/h1-13H,14H2. The summed E-state index contributed by atoms with van der Waals surface area (Å²) in [5, 5.41) is 0.460. The fraction of sp³-hybridized carbons (Fsp3) is 0.0435. The highest BCUT2D eigenvalue weighted by Gasteiger charge is 2.11. The highest BCUT2D eigenvalue weighted by Crippen LogP contribution is 2.24. The second-order valence-electron chi connectivity index (χ2n) is 6.22. The van der Waals surface area contributed by atoms with Crippen molar-refractivity contribution in [1.29, 1.82) is 0 Å². The van der Waals surface area contributed by atoms with Crippen LogP contribution in [0.15, 0.2) is 92.7 Å². The maximum absolute atomic E-state index is 12.8. The first-order chi connectivity index (χ1) is 13.6. The molecule has 0 atom stereocenters. The number of benzene rings is 3. The Bertz CT molecular complexity index is 1190. The number of halogens is 1. The maximum Gasteiger partial charge on any atom is 0.200 e. The van der Waals surface area contributed by atoms with Crippen molar-refractivity contribution in [3.05, 3.63) is 99.3 Å². The van der Waals surface area contributed by atoms with Gasteiger partial charge in [-0.1, -0.05) is 58.4 Å². The van der Waals surface area contributed by atoms with Crippen molar-refractivity contribution in [3.63, 3.8) is 0 Å². The van der Waals surface area contributed by atoms with E-state index in [9.17, 15) is 9.59 Å². The van der Waals surface area contributed by atoms with Gasteiger partial charge in [-0.05, 0) is 29.8 Å². The summed E-state index contributed by atoms with van der Waals surface area (Å²) in [6, 6.07) is 21.4. The van der Waals surface area contributed by atoms with Crippen LogP contribution in [-0.2, 0) is 0 Å². The van der Waals surface area contributed by atoms with Crippen LogP contribution in [0, 0.1) is 0 Å². The molecule has 0 unspecified atom stereocenters. The van der Waals surface area contributed by atoms with Crippen LogP contribution in [0.2, 0.25) is 0 Å². The molecule has 28 heavy (non-hydrogen) atoms. The molecule has 0 fully saturated rings. The molecule has 1 heterocycles. The van der Waals surface area contributed by atoms with Crippen LogP contribution in [0.5, 0.6) is 5.75 Å². The number of fused-ring (bicyclic) bond motifs is 1. The van der Waals surface area contributed by atoms with Gasteiger partial charge in [0.05, 0.1) is 10.9 Å². The first-order valence-electron chi connectivity index (χ1n) is 8.64. The summed E-state index contributed by atoms with van der Waals surface area (Å²) in [6.45, 7) is -0.0866. The Morgan fingerprint density at radius 1 is 0.964 bits per heavy atom. The zero-order valence-corrected chi connectivity index (χ0v) is 16.3. The van der Waals surface area contributed by atoms with Crippen molar-refractivity contribution in [1.82, 2.24) is 0 Å². The number of carbonyl (C=O) groups excluding carboxylic acids is 1. The van der Waals surface area contributed by atoms with Crippen molar-refractivity contribution >= 4 is 32.7 Å². The summed E-state index contributed by atoms with van der Waals surface area (Å²) in [5.41, 5.74) is 2.17. The van der Waals surface area contributed by atoms with Crippen molar-refractivity contribution in [2.45, 2.75) is 0 Å². The van der Waals surface area contributed by atoms with Crippen LogP contribution < -0.4 is 10.2 Å². The summed E-state index contributed by atoms with van der Waals surface area (Å²) in [5.74, 6) is 0.351. The topological polar surface area (TPSA) is 56.5 Å². The van der Waals surface area contributed by atoms with Crippen LogP contribution in [0.1, 0.15) is 10.4 Å². The first kappa shape index (κ1) is 18.2. The number of carbonyl (C=O) groups is 1. The molecule has 4 aromatic rings. The minimum atomic E-state index is -0.118. The van der Waals surface area contributed by atoms with Gasteiger partial charge in [0.25, 0.3) is 0 Å². The molecule has 5 heteroatoms. The van der Waals surface area contributed by atoms with Gasteiger partial charge in [-0.3, -0.25) is 9.59 Å². The Morgan fingerprint density at radius 2 is 1.71 bits per heavy atom. The molecule has 0 aliphatic heterocycles. The molecule has 0 spiro atoms. The molecule has 0 bridgehead atoms. The smallest absolute Gasteiger partial charge is 0.200 e. The average molecular weight is 435 g/mol. The third-order valence-electron chi connectivity index (χ3n) is 4.37. The van der Waals surface area contributed by atoms with E-state index < -0.39 is 0 Å². The van der Waals surface area contributed by atoms with Gasteiger partial charge in [0.1, 0.15) is 17.6 Å². The van der Waals surface area contributed by atoms with E-state index in [1.54, 1.807) is 42.5 Å². The molecular formula is C23H15BrO4. The minimum absolute atomic E-state index is 0.0866. The lowest BCUT2D eigenvalue weighted by Crippen LogP contribution is -2.11. The molecule has 1 aromatic heterocycles. The third kappa shape index (κ3) is 3.75. The zero-order valence-electron chi connectivity index (χ0n) is 14.7. The van der Waals surface area contributed by atoms with E-state index in [1.165, 1.54) is 6.26 Å². The second kappa shape index (κ2) is 7.82. The molecule has 0 aliphatic carbocycles. The zero-order chi connectivity index (χ0) is 19.5. The van der Waals surface area contributed by atoms with Crippen molar-refractivity contribution in [2.75, 3.05) is 6.61 Å². The van der Waals surface area contributed by atoms with Gasteiger partial charge in [-0.25, -0.2) is 0 Å². The van der Waals surface area contributed by atoms with Crippen LogP contribution >= 0.6 is 15.9 Å². The average Bonchev–Trinajstić information content (AvgIpc) is 2.74. The predicted octanol–water partition coefficient (Wildman–Crippen LogP) is 5.48. The Balaban J connectivity index is 1.58. The summed E-state index contributed by atoms with van der Waals surface area (Å²) in [6.07, 6.45) is 1.45. The summed E-state index contributed by atoms with van der Waals surface area (Å²) in [4.78, 5) is 25.0. The van der Waals surface area contributed by atoms with E-state index >= 15 is 0 Å². The van der Waals surface area contributed by atoms with Crippen molar-refractivity contribution < 1.29 is 13.9 Å². The normalized spacial score (nSPS) is 10.8. The molecule has 0 aliphatic rings. The molecule has 0 N–H and O–H groups in total. The molecule has 4 nitrogen and oxygen atoms in total. The lowest BCUT2D eigenvalue weighted by molar-refractivity contribution is 0.0921. The van der Waals surface area contributed by atoms with Gasteiger partial charge in [-0.2, -0.15) is 0 Å². The fourth-order valence-electron chi connectivity index (χ4n) is 2.88. The van der Waals surface area contributed by atoms with Crippen LogP contribution in [0.4, 0.5) is 0 Å². The van der Waals surface area contributed by atoms with Crippen molar-refractivity contribution in [3.8, 4) is 16.9 Å². The van der Waals surface area contributed by atoms with Crippen molar-refractivity contribution in [2.24, 2.45) is 0 Å². The van der Waals surface area contributed by atoms with Gasteiger partial charge in [0.15, 0.2) is 17.8 Å². The van der Waals surface area contributed by atoms with Crippen LogP contribution in [-0.4, -0.2) is 12.4 Å². The lowest BCUT2D eigenvalue weighted by atomic mass is 10.1. The van der Waals surface area contributed by atoms with Gasteiger partial charge >= 0.3 is 0 Å². The molecule has 4 rings (SSSR count). The van der Waals surface area contributed by atoms with Crippen LogP contribution in [0.3, 0.4) is 0 Å². The molecule has 0 amide bonds. The predicted molar refractivity (Wildman–Crippen MR) is 112 cm³/mol. The Hall–Kier alpha value is -3.18. The van der Waals surface area contributed by atoms with E-state index in [4.69, 9.17) is 9.15 Å². The van der Waals surface area contributed by atoms with Gasteiger partial charge in [0.2, 0.25) is 0 Å². The molecule has 3 aromatic carbocycles. The van der Waals surface area contributed by atoms with E-state index in [0.717, 1.165) is 10.0 Å². The Morgan fingerprint density at radius 3 is 2.46 bits per heavy atom. The fourth-order valence-corrected chi connectivity index (χ4v) is 3.15. The number of hydrogen-bond donors (Lipinski definition) is 0. The molecular weight excluding hydrogens is 420 g/mol. The lowest BCUT2D eigenvalue weighted by Gasteiger charge is -2.07. The van der Waals surface area contributed by atoms with Gasteiger partial charge in [-0.15, -0.1) is 0 Å². The quantitative estimate of drug-likeness (QED) is 0.390. The first-order valence-corrected chi connectivity index (χ1v) is 9.44. The number of Topliss-reactive ketones (excluding diaryl/α,β-unsaturated/α-hetero) is 1. The minimum Gasteiger partial charge on any atom is -0.485 e. The monoisotopic (exact) mass is 434 g/mol. The van der Waals surface area contributed by atoms with E-state index in [-0.39, 0.29) is 17.8 Å². The second-order valence-corrected chi connectivity index (χ2v) is 7.14. The maximum atomic E-state index is 12.8. The largest absolute Gasteiger partial charge is 0.485 e. The van der Waals surface area contributed by atoms with E-state index in [1.807, 2.05) is 30.3 Å². The SMILES string of the molecule is O=C(COc1ccc2c(=O)c(-c3ccc(Br)cc3)coc2c1)c1ccccc1. The summed E-state index contributed by atoms with van der Waals surface area (Å²) < 4.78 is 12.2. The Labute approximate surface area is 169 Å². The molecule has 0 radical (unpaired) electrons. The summed E-state index contributed by atoms with van der Waals surface area (Å²) >= 11 is 3.38. The van der Waals surface area contributed by atoms with Gasteiger partial charge < -0.3 is 9.15 Å². The van der Waals surface area contributed by atoms with E-state index in [2.05, 4.69) is 15.9 Å². The number of ether oxygens (including phenoxy) is 1. The van der Waals surface area contributed by atoms with Gasteiger partial charge in [0, 0.05) is 16.1 Å². The molecule has 0 saturated carbocycles. The highest BCUT2D eigenvalue weighted by atomic mass is 79.9. The number of hydrogen-bond acceptors (Lipinski definition) is 4. The number of rotatable bonds is 5.